The van der Waals surface area contributed by atoms with Crippen molar-refractivity contribution in [1.82, 2.24) is 0 Å². The number of ether oxygens (including phenoxy) is 2. The summed E-state index contributed by atoms with van der Waals surface area (Å²) < 4.78 is 55.9. The number of ketones is 1. The van der Waals surface area contributed by atoms with E-state index in [1.165, 1.54) is 74.9 Å². The SMILES string of the molecule is C=C(OCC)c1cccc([N+](=O)[O-])c1F.C=C=C=C=C=C.CC(=O)c1cccc([N+](=O)[O-])c1F.CCC[CH2][Sn]([CH2]CCC)([CH2]CCC)[CH](C)OCC.O=[N+]([O-])c1cccc(Br)c1F.[B]B([B])B([B])[B]. The van der Waals surface area contributed by atoms with Gasteiger partial charge in [-0.25, -0.2) is 0 Å². The molecule has 69 heavy (non-hydrogen) atoms. The molecule has 0 bridgehead atoms. The Bertz CT molecular complexity index is 2150. The zero-order valence-corrected chi connectivity index (χ0v) is 45.1. The normalized spacial score (nSPS) is 10.0. The largest absolute Gasteiger partial charge is 0.305 e. The zero-order chi connectivity index (χ0) is 53.7. The molecule has 0 spiro atoms. The Labute approximate surface area is 424 Å². The number of nitro benzene ring substituents is 3. The van der Waals surface area contributed by atoms with Gasteiger partial charge < -0.3 is 4.74 Å². The average molecular weight is 1120 g/mol. The molecule has 0 aromatic heterocycles. The second-order valence-electron chi connectivity index (χ2n) is 14.6. The minimum Gasteiger partial charge on any atom is -0.258 e. The van der Waals surface area contributed by atoms with E-state index in [-0.39, 0.29) is 21.4 Å². The molecule has 0 heterocycles. The third-order valence-corrected chi connectivity index (χ3v) is 27.1. The van der Waals surface area contributed by atoms with Crippen LogP contribution in [-0.4, -0.2) is 100.0 Å². The van der Waals surface area contributed by atoms with Crippen LogP contribution in [0.1, 0.15) is 103 Å². The molecule has 3 aromatic carbocycles. The number of carbonyl (C=O) groups is 1. The standard InChI is InChI=1S/C10H10FNO3.C8H6FNO3.C6H3BrFNO2.C6H4.C4H9O.3C4H9.B6.Sn/c1-3-15-7(2)8-5-4-6-9(10(8)11)12(13)14;1-5(11)6-3-2-4-7(8(6)9)10(12)13;7-4-2-1-3-5(6(4)8)9(10)11;1-3-5-6-4-2;1-3-5-4-2;3*1-3-4-2;1-5(2)6(3)4;/h4-6H,2-3H2,1H3;2-4H,1H3;1-3H;1-2H2;3H,4H2,1-2H3;3*1,3-4H2,2H3;;. The maximum atomic E-state index is 13.5. The van der Waals surface area contributed by atoms with Gasteiger partial charge in [0.1, 0.15) is 5.76 Å². The number of carbonyl (C=O) groups excluding carboxylic acids is 1. The van der Waals surface area contributed by atoms with Crippen LogP contribution in [0.2, 0.25) is 13.3 Å². The van der Waals surface area contributed by atoms with Crippen molar-refractivity contribution in [3.63, 3.8) is 0 Å². The Balaban J connectivity index is -0.000000786. The molecule has 0 amide bonds. The summed E-state index contributed by atoms with van der Waals surface area (Å²) in [6.45, 7) is 25.6. The molecule has 0 aliphatic carbocycles. The number of nitrogens with zero attached hydrogens (tertiary/aromatic N) is 3. The van der Waals surface area contributed by atoms with E-state index >= 15 is 0 Å². The van der Waals surface area contributed by atoms with Crippen LogP contribution in [0.4, 0.5) is 30.2 Å². The Hall–Kier alpha value is -4.65. The van der Waals surface area contributed by atoms with Crippen molar-refractivity contribution in [3.8, 4) is 0 Å². The molecule has 3 rings (SSSR count). The van der Waals surface area contributed by atoms with Crippen molar-refractivity contribution in [2.45, 2.75) is 104 Å². The van der Waals surface area contributed by atoms with E-state index in [1.54, 1.807) is 20.2 Å². The van der Waals surface area contributed by atoms with Gasteiger partial charge in [0, 0.05) is 61.9 Å². The summed E-state index contributed by atoms with van der Waals surface area (Å²) in [6, 6.07) is 11.3. The van der Waals surface area contributed by atoms with Gasteiger partial charge in [0.15, 0.2) is 5.78 Å². The van der Waals surface area contributed by atoms with Gasteiger partial charge in [-0.15, -0.1) is 0 Å². The molecule has 1 atom stereocenters. The second kappa shape index (κ2) is 40.1. The minimum atomic E-state index is -2.05. The first-order valence-corrected chi connectivity index (χ1v) is 30.4. The summed E-state index contributed by atoms with van der Waals surface area (Å²) in [5.74, 6) is -3.25. The van der Waals surface area contributed by atoms with Crippen LogP contribution in [0, 0.1) is 47.8 Å². The van der Waals surface area contributed by atoms with Crippen molar-refractivity contribution in [2.24, 2.45) is 0 Å². The van der Waals surface area contributed by atoms with Crippen molar-refractivity contribution in [1.29, 1.82) is 0 Å². The summed E-state index contributed by atoms with van der Waals surface area (Å²) in [6.07, 6.45) is 7.22. The van der Waals surface area contributed by atoms with Gasteiger partial charge in [0.2, 0.25) is 17.5 Å². The topological polar surface area (TPSA) is 165 Å². The Morgan fingerprint density at radius 3 is 1.36 bits per heavy atom. The van der Waals surface area contributed by atoms with Gasteiger partial charge >= 0.3 is 137 Å². The molecule has 3 aromatic rings. The number of hydrogen-bond acceptors (Lipinski definition) is 9. The second-order valence-corrected chi connectivity index (χ2v) is 29.8. The molecular weight excluding hydrogens is 1060 g/mol. The molecule has 0 aliphatic rings. The predicted octanol–water partition coefficient (Wildman–Crippen LogP) is 12.1. The van der Waals surface area contributed by atoms with E-state index in [9.17, 15) is 48.3 Å². The molecule has 0 N–H and O–H groups in total. The molecular formula is C46H59B6BrF3N3O9Sn. The van der Waals surface area contributed by atoms with E-state index in [4.69, 9.17) is 40.4 Å². The van der Waals surface area contributed by atoms with Crippen LogP contribution >= 0.6 is 15.9 Å². The Morgan fingerprint density at radius 1 is 0.696 bits per heavy atom. The van der Waals surface area contributed by atoms with Gasteiger partial charge in [-0.3, -0.25) is 35.1 Å². The van der Waals surface area contributed by atoms with Crippen LogP contribution in [0.3, 0.4) is 0 Å². The fourth-order valence-electron chi connectivity index (χ4n) is 5.78. The van der Waals surface area contributed by atoms with Crippen molar-refractivity contribution in [2.75, 3.05) is 13.2 Å². The molecule has 0 saturated heterocycles. The third-order valence-electron chi connectivity index (χ3n) is 9.52. The van der Waals surface area contributed by atoms with Gasteiger partial charge in [0.05, 0.1) is 37.0 Å². The molecule has 0 aliphatic heterocycles. The molecule has 12 nitrogen and oxygen atoms in total. The smallest absolute Gasteiger partial charge is 0.258 e. The first-order valence-electron chi connectivity index (χ1n) is 21.9. The van der Waals surface area contributed by atoms with E-state index in [0.717, 1.165) is 31.7 Å². The summed E-state index contributed by atoms with van der Waals surface area (Å²) in [5, 5.41) is 30.8. The summed E-state index contributed by atoms with van der Waals surface area (Å²) >= 11 is 0.786. The van der Waals surface area contributed by atoms with E-state index < -0.39 is 86.2 Å². The number of rotatable bonds is 20. The van der Waals surface area contributed by atoms with Gasteiger partial charge in [-0.2, -0.15) is 13.2 Å². The van der Waals surface area contributed by atoms with Crippen LogP contribution in [0.15, 0.2) is 102 Å². The fourth-order valence-corrected chi connectivity index (χ4v) is 22.3. The van der Waals surface area contributed by atoms with Crippen molar-refractivity contribution < 1.29 is 42.2 Å². The number of nitro groups is 3. The van der Waals surface area contributed by atoms with Crippen LogP contribution in [0.5, 0.6) is 0 Å². The third kappa shape index (κ3) is 28.6. The van der Waals surface area contributed by atoms with Crippen LogP contribution in [-0.2, 0) is 9.47 Å². The summed E-state index contributed by atoms with van der Waals surface area (Å²) in [5.41, 5.74) is 7.54. The number of hydrogen-bond donors (Lipinski definition) is 0. The van der Waals surface area contributed by atoms with Gasteiger partial charge in [-0.05, 0) is 72.6 Å². The minimum absolute atomic E-state index is 0.0195. The monoisotopic (exact) mass is 1120 g/mol. The van der Waals surface area contributed by atoms with E-state index in [0.29, 0.717) is 10.7 Å². The molecule has 1 unspecified atom stereocenters. The van der Waals surface area contributed by atoms with Gasteiger partial charge in [0.25, 0.3) is 0 Å². The van der Waals surface area contributed by atoms with Crippen LogP contribution in [0.25, 0.3) is 5.76 Å². The summed E-state index contributed by atoms with van der Waals surface area (Å²) in [4.78, 5) is 39.2. The molecule has 0 saturated carbocycles. The fraction of sp³-hybridized carbons (Fsp3) is 0.413. The zero-order valence-electron chi connectivity index (χ0n) is 40.7. The summed E-state index contributed by atoms with van der Waals surface area (Å²) in [7, 11) is 19.9. The number of halogens is 4. The number of Topliss-reactive ketones (excluding diaryl/α,β-unsaturated/α-hetero) is 1. The Kier molecular flexibility index (Phi) is 39.9. The molecule has 23 heteroatoms. The van der Waals surface area contributed by atoms with E-state index in [1.807, 2.05) is 0 Å². The molecule has 0 fully saturated rings. The van der Waals surface area contributed by atoms with Crippen molar-refractivity contribution in [3.05, 3.63) is 161 Å². The number of benzene rings is 3. The maximum Gasteiger partial charge on any atom is 0.305 e. The first-order chi connectivity index (χ1) is 32.5. The van der Waals surface area contributed by atoms with Crippen LogP contribution < -0.4 is 0 Å². The molecule has 362 valence electrons. The van der Waals surface area contributed by atoms with E-state index in [2.05, 4.69) is 93.2 Å². The average Bonchev–Trinajstić information content (AvgIpc) is 3.30. The first kappa shape index (κ1) is 68.6. The van der Waals surface area contributed by atoms with Crippen molar-refractivity contribution >= 4 is 107 Å². The quantitative estimate of drug-likeness (QED) is 0.0267. The number of unbranched alkanes of at least 4 members (excludes halogenated alkanes) is 3. The van der Waals surface area contributed by atoms with Gasteiger partial charge in [-0.1, -0.05) is 36.2 Å². The maximum absolute atomic E-state index is 13.5. The molecule has 8 radical (unpaired) electrons. The predicted molar refractivity (Wildman–Crippen MR) is 283 cm³/mol. The Morgan fingerprint density at radius 2 is 1.06 bits per heavy atom.